The molecule has 188 valence electrons. The number of amides is 1. The molecule has 0 spiro atoms. The van der Waals surface area contributed by atoms with Gasteiger partial charge in [-0.3, -0.25) is 18.8 Å². The van der Waals surface area contributed by atoms with Crippen molar-refractivity contribution < 1.29 is 4.79 Å². The second-order valence-electron chi connectivity index (χ2n) is 9.21. The summed E-state index contributed by atoms with van der Waals surface area (Å²) in [6.07, 6.45) is 0. The van der Waals surface area contributed by atoms with Crippen LogP contribution >= 0.6 is 0 Å². The summed E-state index contributed by atoms with van der Waals surface area (Å²) < 4.78 is 4.95. The van der Waals surface area contributed by atoms with Crippen molar-refractivity contribution in [3.63, 3.8) is 0 Å². The molecule has 0 aliphatic carbocycles. The number of carbonyl (C=O) groups is 1. The highest BCUT2D eigenvalue weighted by Gasteiger charge is 2.27. The number of nitrogens with zero attached hydrogens (tertiary/aromatic N) is 5. The fourth-order valence-corrected chi connectivity index (χ4v) is 4.80. The molecular weight excluding hydrogens is 478 g/mol. The van der Waals surface area contributed by atoms with Crippen LogP contribution < -0.4 is 16.6 Å². The van der Waals surface area contributed by atoms with Gasteiger partial charge in [-0.2, -0.15) is 0 Å². The molecule has 0 atom stereocenters. The van der Waals surface area contributed by atoms with Gasteiger partial charge in [0, 0.05) is 12.7 Å². The van der Waals surface area contributed by atoms with Crippen LogP contribution in [-0.2, 0) is 7.05 Å². The molecule has 0 aliphatic heterocycles. The van der Waals surface area contributed by atoms with E-state index >= 15 is 0 Å². The maximum Gasteiger partial charge on any atom is 0.295 e. The van der Waals surface area contributed by atoms with Crippen molar-refractivity contribution in [1.29, 1.82) is 0 Å². The quantitative estimate of drug-likeness (QED) is 0.367. The van der Waals surface area contributed by atoms with Gasteiger partial charge in [0.25, 0.3) is 11.5 Å². The Kier molecular flexibility index (Phi) is 5.34. The molecule has 0 radical (unpaired) electrons. The van der Waals surface area contributed by atoms with E-state index in [0.717, 1.165) is 11.3 Å². The fourth-order valence-electron chi connectivity index (χ4n) is 4.80. The van der Waals surface area contributed by atoms with Gasteiger partial charge < -0.3 is 11.1 Å². The van der Waals surface area contributed by atoms with Crippen LogP contribution in [0.1, 0.15) is 21.6 Å². The number of nitrogen functional groups attached to an aromatic ring is 1. The van der Waals surface area contributed by atoms with Crippen molar-refractivity contribution in [3.05, 3.63) is 106 Å². The van der Waals surface area contributed by atoms with E-state index in [0.29, 0.717) is 33.6 Å². The summed E-state index contributed by atoms with van der Waals surface area (Å²) in [5.74, 6) is -0.343. The highest BCUT2D eigenvalue weighted by molar-refractivity contribution is 6.16. The summed E-state index contributed by atoms with van der Waals surface area (Å²) in [5.41, 5.74) is 11.9. The standard InChI is InChI=1S/C29H25N7O2/c1-17-10-9-13-20(16-17)35-26(30)23(25-27(35)32-22-15-8-7-14-21(22)31-25)28(37)33-24-18(2)34(3)36(29(24)38)19-11-5-4-6-12-19/h4-16H,30H2,1-3H3,(H,33,37). The molecule has 0 saturated heterocycles. The van der Waals surface area contributed by atoms with Crippen LogP contribution in [0.2, 0.25) is 0 Å². The molecule has 9 nitrogen and oxygen atoms in total. The van der Waals surface area contributed by atoms with Crippen LogP contribution in [0.25, 0.3) is 33.6 Å². The van der Waals surface area contributed by atoms with Crippen molar-refractivity contribution in [2.24, 2.45) is 7.05 Å². The zero-order valence-corrected chi connectivity index (χ0v) is 21.1. The third-order valence-electron chi connectivity index (χ3n) is 6.78. The molecule has 38 heavy (non-hydrogen) atoms. The van der Waals surface area contributed by atoms with Gasteiger partial charge in [0.2, 0.25) is 0 Å². The molecule has 0 unspecified atom stereocenters. The minimum Gasteiger partial charge on any atom is -0.384 e. The third-order valence-corrected chi connectivity index (χ3v) is 6.78. The number of nitrogens with one attached hydrogen (secondary N) is 1. The van der Waals surface area contributed by atoms with E-state index in [4.69, 9.17) is 15.7 Å². The van der Waals surface area contributed by atoms with Crippen molar-refractivity contribution in [2.75, 3.05) is 11.1 Å². The van der Waals surface area contributed by atoms with Crippen LogP contribution in [-0.4, -0.2) is 29.8 Å². The molecule has 3 aromatic carbocycles. The van der Waals surface area contributed by atoms with E-state index in [9.17, 15) is 9.59 Å². The van der Waals surface area contributed by atoms with Crippen molar-refractivity contribution in [3.8, 4) is 11.4 Å². The zero-order chi connectivity index (χ0) is 26.6. The number of rotatable bonds is 4. The van der Waals surface area contributed by atoms with E-state index in [1.165, 1.54) is 4.68 Å². The molecule has 0 aliphatic rings. The fraction of sp³-hybridized carbons (Fsp3) is 0.103. The largest absolute Gasteiger partial charge is 0.384 e. The first-order chi connectivity index (χ1) is 18.3. The number of fused-ring (bicyclic) bond motifs is 2. The number of nitrogens with two attached hydrogens (primary N) is 1. The molecule has 9 heteroatoms. The Balaban J connectivity index is 1.54. The average molecular weight is 504 g/mol. The summed E-state index contributed by atoms with van der Waals surface area (Å²) in [6, 6.07) is 24.5. The molecule has 0 fully saturated rings. The molecular formula is C29H25N7O2. The minimum absolute atomic E-state index is 0.161. The van der Waals surface area contributed by atoms with Gasteiger partial charge in [0.05, 0.1) is 22.4 Å². The maximum atomic E-state index is 13.8. The Morgan fingerprint density at radius 1 is 0.868 bits per heavy atom. The van der Waals surface area contributed by atoms with E-state index in [-0.39, 0.29) is 22.6 Å². The summed E-state index contributed by atoms with van der Waals surface area (Å²) in [5, 5.41) is 2.83. The number of anilines is 2. The Morgan fingerprint density at radius 2 is 1.53 bits per heavy atom. The van der Waals surface area contributed by atoms with Crippen LogP contribution in [0.3, 0.4) is 0 Å². The van der Waals surface area contributed by atoms with Crippen LogP contribution in [0.4, 0.5) is 11.5 Å². The Bertz CT molecular complexity index is 1930. The van der Waals surface area contributed by atoms with Gasteiger partial charge in [-0.25, -0.2) is 14.6 Å². The molecule has 0 bridgehead atoms. The zero-order valence-electron chi connectivity index (χ0n) is 21.1. The van der Waals surface area contributed by atoms with E-state index in [1.54, 1.807) is 23.2 Å². The molecule has 6 aromatic rings. The first-order valence-corrected chi connectivity index (χ1v) is 12.1. The summed E-state index contributed by atoms with van der Waals surface area (Å²) in [7, 11) is 1.77. The van der Waals surface area contributed by atoms with Gasteiger partial charge in [-0.15, -0.1) is 0 Å². The Hall–Kier alpha value is -5.18. The number of para-hydroxylation sites is 3. The molecule has 6 rings (SSSR count). The lowest BCUT2D eigenvalue weighted by atomic mass is 10.2. The van der Waals surface area contributed by atoms with E-state index in [1.807, 2.05) is 85.8 Å². The van der Waals surface area contributed by atoms with Gasteiger partial charge in [-0.05, 0) is 55.8 Å². The van der Waals surface area contributed by atoms with Crippen molar-refractivity contribution in [1.82, 2.24) is 23.9 Å². The number of aromatic nitrogens is 5. The Labute approximate surface area is 217 Å². The predicted octanol–water partition coefficient (Wildman–Crippen LogP) is 4.51. The van der Waals surface area contributed by atoms with Crippen LogP contribution in [0.15, 0.2) is 83.7 Å². The number of carbonyl (C=O) groups excluding carboxylic acids is 1. The normalized spacial score (nSPS) is 11.3. The minimum atomic E-state index is -0.533. The molecule has 0 saturated carbocycles. The first kappa shape index (κ1) is 23.2. The van der Waals surface area contributed by atoms with Gasteiger partial charge >= 0.3 is 0 Å². The number of hydrogen-bond donors (Lipinski definition) is 2. The summed E-state index contributed by atoms with van der Waals surface area (Å²) in [4.78, 5) is 36.8. The lowest BCUT2D eigenvalue weighted by Gasteiger charge is -2.09. The first-order valence-electron chi connectivity index (χ1n) is 12.1. The third kappa shape index (κ3) is 3.55. The topological polar surface area (TPSA) is 113 Å². The molecule has 3 heterocycles. The lowest BCUT2D eigenvalue weighted by molar-refractivity contribution is 0.102. The van der Waals surface area contributed by atoms with Gasteiger partial charge in [0.15, 0.2) is 5.65 Å². The number of aryl methyl sites for hydroxylation is 1. The van der Waals surface area contributed by atoms with Crippen molar-refractivity contribution in [2.45, 2.75) is 13.8 Å². The van der Waals surface area contributed by atoms with Gasteiger partial charge in [-0.1, -0.05) is 42.5 Å². The highest BCUT2D eigenvalue weighted by atomic mass is 16.2. The Morgan fingerprint density at radius 3 is 2.24 bits per heavy atom. The molecule has 3 N–H and O–H groups in total. The van der Waals surface area contributed by atoms with Crippen molar-refractivity contribution >= 4 is 39.6 Å². The number of hydrogen-bond acceptors (Lipinski definition) is 5. The lowest BCUT2D eigenvalue weighted by Crippen LogP contribution is -2.23. The van der Waals surface area contributed by atoms with Gasteiger partial charge in [0.1, 0.15) is 22.6 Å². The van der Waals surface area contributed by atoms with E-state index in [2.05, 4.69) is 5.32 Å². The smallest absolute Gasteiger partial charge is 0.295 e. The maximum absolute atomic E-state index is 13.8. The predicted molar refractivity (Wildman–Crippen MR) is 149 cm³/mol. The van der Waals surface area contributed by atoms with E-state index < -0.39 is 5.91 Å². The monoisotopic (exact) mass is 503 g/mol. The summed E-state index contributed by atoms with van der Waals surface area (Å²) in [6.45, 7) is 3.76. The van der Waals surface area contributed by atoms with Crippen LogP contribution in [0, 0.1) is 13.8 Å². The molecule has 1 amide bonds. The molecule has 3 aromatic heterocycles. The average Bonchev–Trinajstić information content (AvgIpc) is 3.31. The second-order valence-corrected chi connectivity index (χ2v) is 9.21. The SMILES string of the molecule is Cc1cccc(-n2c(N)c(C(=O)Nc3c(C)n(C)n(-c4ccccc4)c3=O)c3nc4ccccc4nc32)c1. The summed E-state index contributed by atoms with van der Waals surface area (Å²) >= 11 is 0. The second kappa shape index (κ2) is 8.74. The number of benzene rings is 3. The van der Waals surface area contributed by atoms with Crippen LogP contribution in [0.5, 0.6) is 0 Å². The highest BCUT2D eigenvalue weighted by Crippen LogP contribution is 2.32.